The largest absolute Gasteiger partial charge is 0.0877 e. The number of hydrogen-bond donors (Lipinski definition) is 0. The molecule has 0 aromatic carbocycles. The maximum atomic E-state index is 2.42. The molecule has 0 aromatic rings. The Hall–Kier alpha value is -0.260. The summed E-state index contributed by atoms with van der Waals surface area (Å²) >= 11 is 0. The Labute approximate surface area is 70.7 Å². The SMILES string of the molecule is CCC1C=CCC(C)(CC)C1. The van der Waals surface area contributed by atoms with Crippen LogP contribution in [0.4, 0.5) is 0 Å². The van der Waals surface area contributed by atoms with E-state index in [1.165, 1.54) is 25.7 Å². The molecule has 0 saturated heterocycles. The van der Waals surface area contributed by atoms with Crippen molar-refractivity contribution >= 4 is 0 Å². The van der Waals surface area contributed by atoms with Gasteiger partial charge in [0, 0.05) is 0 Å². The minimum Gasteiger partial charge on any atom is -0.0877 e. The fourth-order valence-electron chi connectivity index (χ4n) is 1.90. The van der Waals surface area contributed by atoms with Gasteiger partial charge in [0.2, 0.25) is 0 Å². The van der Waals surface area contributed by atoms with Crippen LogP contribution in [-0.4, -0.2) is 0 Å². The van der Waals surface area contributed by atoms with Crippen molar-refractivity contribution in [1.82, 2.24) is 0 Å². The molecule has 1 aliphatic carbocycles. The molecule has 0 heteroatoms. The minimum absolute atomic E-state index is 0.607. The molecule has 0 aromatic heterocycles. The summed E-state index contributed by atoms with van der Waals surface area (Å²) in [5.74, 6) is 0.855. The van der Waals surface area contributed by atoms with Gasteiger partial charge in [-0.25, -0.2) is 0 Å². The van der Waals surface area contributed by atoms with Gasteiger partial charge in [0.05, 0.1) is 0 Å². The average molecular weight is 152 g/mol. The number of rotatable bonds is 2. The van der Waals surface area contributed by atoms with Crippen molar-refractivity contribution in [3.63, 3.8) is 0 Å². The summed E-state index contributed by atoms with van der Waals surface area (Å²) in [6.45, 7) is 7.02. The van der Waals surface area contributed by atoms with Crippen molar-refractivity contribution < 1.29 is 0 Å². The highest BCUT2D eigenvalue weighted by Crippen LogP contribution is 2.38. The second-order valence-electron chi connectivity index (χ2n) is 4.17. The van der Waals surface area contributed by atoms with E-state index in [4.69, 9.17) is 0 Å². The summed E-state index contributed by atoms with van der Waals surface area (Å²) in [6.07, 6.45) is 10.1. The molecule has 0 fully saturated rings. The van der Waals surface area contributed by atoms with Gasteiger partial charge in [-0.1, -0.05) is 39.3 Å². The van der Waals surface area contributed by atoms with E-state index >= 15 is 0 Å². The van der Waals surface area contributed by atoms with Crippen LogP contribution in [0.25, 0.3) is 0 Å². The first kappa shape index (κ1) is 8.83. The van der Waals surface area contributed by atoms with Crippen LogP contribution in [0, 0.1) is 11.3 Å². The van der Waals surface area contributed by atoms with Crippen LogP contribution < -0.4 is 0 Å². The summed E-state index contributed by atoms with van der Waals surface area (Å²) in [6, 6.07) is 0. The van der Waals surface area contributed by atoms with Crippen molar-refractivity contribution in [2.24, 2.45) is 11.3 Å². The van der Waals surface area contributed by atoms with E-state index in [2.05, 4.69) is 32.9 Å². The lowest BCUT2D eigenvalue weighted by Gasteiger charge is -2.33. The van der Waals surface area contributed by atoms with Crippen LogP contribution in [0.3, 0.4) is 0 Å². The van der Waals surface area contributed by atoms with E-state index < -0.39 is 0 Å². The molecular weight excluding hydrogens is 132 g/mol. The third-order valence-electron chi connectivity index (χ3n) is 3.15. The lowest BCUT2D eigenvalue weighted by atomic mass is 9.72. The van der Waals surface area contributed by atoms with E-state index in [9.17, 15) is 0 Å². The molecule has 1 aliphatic rings. The molecule has 0 heterocycles. The Morgan fingerprint density at radius 2 is 2.18 bits per heavy atom. The van der Waals surface area contributed by atoms with Crippen LogP contribution in [-0.2, 0) is 0 Å². The van der Waals surface area contributed by atoms with Crippen molar-refractivity contribution in [1.29, 1.82) is 0 Å². The first-order valence-corrected chi connectivity index (χ1v) is 4.87. The lowest BCUT2D eigenvalue weighted by Crippen LogP contribution is -2.21. The van der Waals surface area contributed by atoms with Gasteiger partial charge in [-0.15, -0.1) is 0 Å². The summed E-state index contributed by atoms with van der Waals surface area (Å²) in [5, 5.41) is 0. The van der Waals surface area contributed by atoms with Gasteiger partial charge in [0.15, 0.2) is 0 Å². The van der Waals surface area contributed by atoms with Crippen molar-refractivity contribution in [3.8, 4) is 0 Å². The van der Waals surface area contributed by atoms with Gasteiger partial charge in [-0.2, -0.15) is 0 Å². The Balaban J connectivity index is 2.57. The molecule has 0 amide bonds. The normalized spacial score (nSPS) is 37.5. The molecule has 11 heavy (non-hydrogen) atoms. The van der Waals surface area contributed by atoms with Gasteiger partial charge in [0.25, 0.3) is 0 Å². The Bertz CT molecular complexity index is 146. The standard InChI is InChI=1S/C11H20/c1-4-10-7-6-8-11(3,5-2)9-10/h6-7,10H,4-5,8-9H2,1-3H3. The molecule has 0 spiro atoms. The Morgan fingerprint density at radius 3 is 2.73 bits per heavy atom. The average Bonchev–Trinajstić information content (AvgIpc) is 2.05. The number of allylic oxidation sites excluding steroid dienone is 2. The highest BCUT2D eigenvalue weighted by molar-refractivity contribution is 4.99. The molecule has 1 rings (SSSR count). The topological polar surface area (TPSA) is 0 Å². The molecular formula is C11H20. The molecule has 0 nitrogen and oxygen atoms in total. The lowest BCUT2D eigenvalue weighted by molar-refractivity contribution is 0.236. The molecule has 0 aliphatic heterocycles. The smallest absolute Gasteiger partial charge is 0.0231 e. The predicted octanol–water partition coefficient (Wildman–Crippen LogP) is 3.78. The highest BCUT2D eigenvalue weighted by atomic mass is 14.3. The first-order chi connectivity index (χ1) is 5.20. The van der Waals surface area contributed by atoms with E-state index in [-0.39, 0.29) is 0 Å². The number of hydrogen-bond acceptors (Lipinski definition) is 0. The van der Waals surface area contributed by atoms with E-state index in [1.807, 2.05) is 0 Å². The summed E-state index contributed by atoms with van der Waals surface area (Å²) in [4.78, 5) is 0. The maximum Gasteiger partial charge on any atom is -0.0231 e. The van der Waals surface area contributed by atoms with Crippen LogP contribution in [0.1, 0.15) is 46.5 Å². The molecule has 2 unspecified atom stereocenters. The van der Waals surface area contributed by atoms with Crippen molar-refractivity contribution in [2.75, 3.05) is 0 Å². The quantitative estimate of drug-likeness (QED) is 0.528. The van der Waals surface area contributed by atoms with Gasteiger partial charge in [0.1, 0.15) is 0 Å². The molecule has 0 radical (unpaired) electrons. The van der Waals surface area contributed by atoms with Gasteiger partial charge in [-0.3, -0.25) is 0 Å². The zero-order valence-corrected chi connectivity index (χ0v) is 8.06. The van der Waals surface area contributed by atoms with Crippen molar-refractivity contribution in [3.05, 3.63) is 12.2 Å². The second-order valence-corrected chi connectivity index (χ2v) is 4.17. The van der Waals surface area contributed by atoms with Crippen LogP contribution in [0.15, 0.2) is 12.2 Å². The monoisotopic (exact) mass is 152 g/mol. The van der Waals surface area contributed by atoms with Crippen LogP contribution in [0.5, 0.6) is 0 Å². The van der Waals surface area contributed by atoms with Crippen LogP contribution >= 0.6 is 0 Å². The highest BCUT2D eigenvalue weighted by Gasteiger charge is 2.26. The second kappa shape index (κ2) is 3.42. The third-order valence-corrected chi connectivity index (χ3v) is 3.15. The fourth-order valence-corrected chi connectivity index (χ4v) is 1.90. The summed E-state index contributed by atoms with van der Waals surface area (Å²) in [7, 11) is 0. The van der Waals surface area contributed by atoms with E-state index in [0.29, 0.717) is 5.41 Å². The van der Waals surface area contributed by atoms with E-state index in [0.717, 1.165) is 5.92 Å². The molecule has 64 valence electrons. The zero-order valence-electron chi connectivity index (χ0n) is 8.06. The predicted molar refractivity (Wildman–Crippen MR) is 50.6 cm³/mol. The van der Waals surface area contributed by atoms with Gasteiger partial charge >= 0.3 is 0 Å². The van der Waals surface area contributed by atoms with Crippen LogP contribution in [0.2, 0.25) is 0 Å². The van der Waals surface area contributed by atoms with Gasteiger partial charge in [-0.05, 0) is 30.6 Å². The molecule has 0 bridgehead atoms. The summed E-state index contributed by atoms with van der Waals surface area (Å²) < 4.78 is 0. The molecule has 2 atom stereocenters. The minimum atomic E-state index is 0.607. The fraction of sp³-hybridized carbons (Fsp3) is 0.818. The van der Waals surface area contributed by atoms with E-state index in [1.54, 1.807) is 0 Å². The maximum absolute atomic E-state index is 2.42. The van der Waals surface area contributed by atoms with Crippen molar-refractivity contribution in [2.45, 2.75) is 46.5 Å². The molecule has 0 N–H and O–H groups in total. The third kappa shape index (κ3) is 2.08. The van der Waals surface area contributed by atoms with Gasteiger partial charge < -0.3 is 0 Å². The Kier molecular flexibility index (Phi) is 2.75. The zero-order chi connectivity index (χ0) is 8.32. The summed E-state index contributed by atoms with van der Waals surface area (Å²) in [5.41, 5.74) is 0.607. The Morgan fingerprint density at radius 1 is 1.45 bits per heavy atom. The molecule has 0 saturated carbocycles. The first-order valence-electron chi connectivity index (χ1n) is 4.87.